The minimum absolute atomic E-state index is 0.162. The maximum atomic E-state index is 11.9. The molecule has 1 rings (SSSR count). The predicted molar refractivity (Wildman–Crippen MR) is 69.6 cm³/mol. The molecule has 0 heterocycles. The largest absolute Gasteiger partial charge is 0.353 e. The summed E-state index contributed by atoms with van der Waals surface area (Å²) in [6, 6.07) is 6.35. The molecule has 1 atom stereocenters. The molecule has 1 aromatic carbocycles. The van der Waals surface area contributed by atoms with Gasteiger partial charge in [0.25, 0.3) is 0 Å². The van der Waals surface area contributed by atoms with Gasteiger partial charge in [-0.25, -0.2) is 13.1 Å². The maximum Gasteiger partial charge on any atom is 0.240 e. The van der Waals surface area contributed by atoms with Gasteiger partial charge in [-0.3, -0.25) is 4.79 Å². The van der Waals surface area contributed by atoms with Crippen LogP contribution in [0.1, 0.15) is 19.4 Å². The number of carbonyl (C=O) groups is 1. The van der Waals surface area contributed by atoms with Gasteiger partial charge in [0.05, 0.1) is 4.90 Å². The average molecular weight is 270 g/mol. The second-order valence-electron chi connectivity index (χ2n) is 4.27. The minimum Gasteiger partial charge on any atom is -0.353 e. The Morgan fingerprint density at radius 2 is 1.83 bits per heavy atom. The average Bonchev–Trinajstić information content (AvgIpc) is 2.26. The first-order chi connectivity index (χ1) is 8.31. The van der Waals surface area contributed by atoms with Gasteiger partial charge in [0.2, 0.25) is 15.9 Å². The van der Waals surface area contributed by atoms with Crippen molar-refractivity contribution in [2.45, 2.75) is 31.7 Å². The smallest absolute Gasteiger partial charge is 0.240 e. The molecule has 0 bridgehead atoms. The zero-order valence-corrected chi connectivity index (χ0v) is 11.5. The summed E-state index contributed by atoms with van der Waals surface area (Å²) < 4.78 is 26.3. The molecule has 0 aliphatic carbocycles. The lowest BCUT2D eigenvalue weighted by Crippen LogP contribution is -2.40. The van der Waals surface area contributed by atoms with E-state index in [0.29, 0.717) is 0 Å². The molecule has 2 N–H and O–H groups in total. The molecular formula is C12H18N2O3S. The lowest BCUT2D eigenvalue weighted by atomic mass is 10.2. The molecule has 0 aliphatic heterocycles. The topological polar surface area (TPSA) is 75.3 Å². The highest BCUT2D eigenvalue weighted by molar-refractivity contribution is 7.89. The van der Waals surface area contributed by atoms with Crippen LogP contribution in [-0.2, 0) is 14.8 Å². The molecule has 1 amide bonds. The summed E-state index contributed by atoms with van der Waals surface area (Å²) in [5, 5.41) is 2.61. The molecule has 1 aromatic rings. The standard InChI is InChI=1S/C12H18N2O3S/c1-9-4-6-12(7-5-9)18(16,17)13-8-10(2)14-11(3)15/h4-7,10,13H,8H2,1-3H3,(H,14,15)/t10-/m0/s1. The van der Waals surface area contributed by atoms with E-state index in [1.165, 1.54) is 6.92 Å². The third-order valence-electron chi connectivity index (χ3n) is 2.36. The minimum atomic E-state index is -3.51. The molecule has 5 nitrogen and oxygen atoms in total. The van der Waals surface area contributed by atoms with Crippen LogP contribution in [0.2, 0.25) is 0 Å². The van der Waals surface area contributed by atoms with Gasteiger partial charge in [-0.1, -0.05) is 17.7 Å². The van der Waals surface area contributed by atoms with E-state index in [1.807, 2.05) is 6.92 Å². The molecule has 0 fully saturated rings. The molecular weight excluding hydrogens is 252 g/mol. The number of sulfonamides is 1. The van der Waals surface area contributed by atoms with E-state index in [0.717, 1.165) is 5.56 Å². The summed E-state index contributed by atoms with van der Waals surface area (Å²) in [7, 11) is -3.51. The first-order valence-electron chi connectivity index (χ1n) is 5.64. The van der Waals surface area contributed by atoms with Crippen LogP contribution in [0.5, 0.6) is 0 Å². The lowest BCUT2D eigenvalue weighted by molar-refractivity contribution is -0.119. The number of benzene rings is 1. The molecule has 0 aromatic heterocycles. The fourth-order valence-electron chi connectivity index (χ4n) is 1.43. The Bertz CT molecular complexity index is 509. The van der Waals surface area contributed by atoms with Crippen molar-refractivity contribution in [3.8, 4) is 0 Å². The second kappa shape index (κ2) is 5.97. The number of hydrogen-bond donors (Lipinski definition) is 2. The van der Waals surface area contributed by atoms with Crippen LogP contribution < -0.4 is 10.0 Å². The van der Waals surface area contributed by atoms with Crippen LogP contribution in [0.3, 0.4) is 0 Å². The number of amides is 1. The third-order valence-corrected chi connectivity index (χ3v) is 3.80. The van der Waals surface area contributed by atoms with Gasteiger partial charge in [0.15, 0.2) is 0 Å². The van der Waals surface area contributed by atoms with Crippen molar-refractivity contribution in [2.24, 2.45) is 0 Å². The zero-order valence-electron chi connectivity index (χ0n) is 10.7. The number of hydrogen-bond acceptors (Lipinski definition) is 3. The van der Waals surface area contributed by atoms with Gasteiger partial charge in [-0.15, -0.1) is 0 Å². The van der Waals surface area contributed by atoms with Crippen molar-refractivity contribution in [3.05, 3.63) is 29.8 Å². The van der Waals surface area contributed by atoms with Gasteiger partial charge >= 0.3 is 0 Å². The summed E-state index contributed by atoms with van der Waals surface area (Å²) in [4.78, 5) is 11.0. The summed E-state index contributed by atoms with van der Waals surface area (Å²) in [6.07, 6.45) is 0. The monoisotopic (exact) mass is 270 g/mol. The normalized spacial score (nSPS) is 13.1. The highest BCUT2D eigenvalue weighted by Crippen LogP contribution is 2.09. The van der Waals surface area contributed by atoms with Crippen molar-refractivity contribution >= 4 is 15.9 Å². The molecule has 0 radical (unpaired) electrons. The Hall–Kier alpha value is -1.40. The van der Waals surface area contributed by atoms with E-state index >= 15 is 0 Å². The van der Waals surface area contributed by atoms with Gasteiger partial charge in [-0.05, 0) is 26.0 Å². The van der Waals surface area contributed by atoms with Crippen molar-refractivity contribution in [1.29, 1.82) is 0 Å². The van der Waals surface area contributed by atoms with Crippen molar-refractivity contribution in [1.82, 2.24) is 10.0 Å². The van der Waals surface area contributed by atoms with Crippen LogP contribution in [-0.4, -0.2) is 26.9 Å². The first-order valence-corrected chi connectivity index (χ1v) is 7.13. The lowest BCUT2D eigenvalue weighted by Gasteiger charge is -2.13. The number of carbonyl (C=O) groups excluding carboxylic acids is 1. The van der Waals surface area contributed by atoms with Crippen LogP contribution in [0, 0.1) is 6.92 Å². The van der Waals surface area contributed by atoms with E-state index in [1.54, 1.807) is 31.2 Å². The van der Waals surface area contributed by atoms with E-state index in [9.17, 15) is 13.2 Å². The Morgan fingerprint density at radius 3 is 2.33 bits per heavy atom. The summed E-state index contributed by atoms with van der Waals surface area (Å²) in [5.41, 5.74) is 1.00. The Morgan fingerprint density at radius 1 is 1.28 bits per heavy atom. The first kappa shape index (κ1) is 14.7. The van der Waals surface area contributed by atoms with Gasteiger partial charge in [0, 0.05) is 19.5 Å². The fraction of sp³-hybridized carbons (Fsp3) is 0.417. The molecule has 0 saturated carbocycles. The van der Waals surface area contributed by atoms with Crippen LogP contribution in [0.25, 0.3) is 0 Å². The summed E-state index contributed by atoms with van der Waals surface area (Å²) >= 11 is 0. The van der Waals surface area contributed by atoms with Gasteiger partial charge < -0.3 is 5.32 Å². The van der Waals surface area contributed by atoms with E-state index in [4.69, 9.17) is 0 Å². The van der Waals surface area contributed by atoms with Crippen LogP contribution in [0.4, 0.5) is 0 Å². The highest BCUT2D eigenvalue weighted by atomic mass is 32.2. The van der Waals surface area contributed by atoms with Crippen LogP contribution >= 0.6 is 0 Å². The summed E-state index contributed by atoms with van der Waals surface area (Å²) in [6.45, 7) is 5.18. The SMILES string of the molecule is CC(=O)N[C@@H](C)CNS(=O)(=O)c1ccc(C)cc1. The van der Waals surface area contributed by atoms with Crippen LogP contribution in [0.15, 0.2) is 29.2 Å². The molecule has 100 valence electrons. The van der Waals surface area contributed by atoms with Gasteiger partial charge in [-0.2, -0.15) is 0 Å². The van der Waals surface area contributed by atoms with E-state index in [-0.39, 0.29) is 23.4 Å². The predicted octanol–water partition coefficient (Wildman–Crippen LogP) is 0.798. The Labute approximate surface area is 108 Å². The highest BCUT2D eigenvalue weighted by Gasteiger charge is 2.14. The summed E-state index contributed by atoms with van der Waals surface area (Å²) in [5.74, 6) is -0.183. The van der Waals surface area contributed by atoms with Crippen molar-refractivity contribution in [3.63, 3.8) is 0 Å². The van der Waals surface area contributed by atoms with Crippen molar-refractivity contribution in [2.75, 3.05) is 6.54 Å². The zero-order chi connectivity index (χ0) is 13.8. The molecule has 18 heavy (non-hydrogen) atoms. The second-order valence-corrected chi connectivity index (χ2v) is 6.03. The Kier molecular flexibility index (Phi) is 4.86. The molecule has 0 aliphatic rings. The van der Waals surface area contributed by atoms with Gasteiger partial charge in [0.1, 0.15) is 0 Å². The molecule has 0 saturated heterocycles. The number of rotatable bonds is 5. The number of nitrogens with one attached hydrogen (secondary N) is 2. The van der Waals surface area contributed by atoms with E-state index in [2.05, 4.69) is 10.0 Å². The fourth-order valence-corrected chi connectivity index (χ4v) is 2.56. The molecule has 0 spiro atoms. The maximum absolute atomic E-state index is 11.9. The number of aryl methyl sites for hydroxylation is 1. The third kappa shape index (κ3) is 4.46. The molecule has 0 unspecified atom stereocenters. The molecule has 6 heteroatoms. The van der Waals surface area contributed by atoms with Crippen molar-refractivity contribution < 1.29 is 13.2 Å². The Balaban J connectivity index is 2.65. The van der Waals surface area contributed by atoms with E-state index < -0.39 is 10.0 Å². The quantitative estimate of drug-likeness (QED) is 0.831.